The third-order valence-electron chi connectivity index (χ3n) is 6.02. The van der Waals surface area contributed by atoms with Crippen LogP contribution in [0.5, 0.6) is 5.75 Å². The average Bonchev–Trinajstić information content (AvgIpc) is 2.45. The van der Waals surface area contributed by atoms with Crippen LogP contribution in [0.2, 0.25) is 0 Å². The summed E-state index contributed by atoms with van der Waals surface area (Å²) in [6.45, 7) is 0. The molecular weight excluding hydrogens is 293 g/mol. The molecule has 4 saturated carbocycles. The van der Waals surface area contributed by atoms with Gasteiger partial charge in [-0.3, -0.25) is 4.79 Å². The molecule has 0 aromatic heterocycles. The molecule has 1 N–H and O–H groups in total. The maximum atomic E-state index is 13.8. The van der Waals surface area contributed by atoms with Gasteiger partial charge < -0.3 is 10.1 Å². The first-order valence-electron chi connectivity index (χ1n) is 8.69. The van der Waals surface area contributed by atoms with Crippen LogP contribution >= 0.6 is 0 Å². The van der Waals surface area contributed by atoms with E-state index >= 15 is 0 Å². The van der Waals surface area contributed by atoms with E-state index in [2.05, 4.69) is 5.32 Å². The van der Waals surface area contributed by atoms with Crippen LogP contribution in [0, 0.1) is 23.6 Å². The lowest BCUT2D eigenvalue weighted by molar-refractivity contribution is -0.126. The number of methoxy groups -OCH3 is 1. The first-order valence-corrected chi connectivity index (χ1v) is 8.69. The summed E-state index contributed by atoms with van der Waals surface area (Å²) in [5.41, 5.74) is 0.724. The summed E-state index contributed by atoms with van der Waals surface area (Å²) in [7, 11) is 1.44. The Kier molecular flexibility index (Phi) is 3.58. The SMILES string of the molecule is COc1ccc(CC(=O)NC23CC4CC(CC(C4)C2)C3)cc1F. The van der Waals surface area contributed by atoms with Crippen molar-refractivity contribution in [2.75, 3.05) is 7.11 Å². The number of benzene rings is 1. The summed E-state index contributed by atoms with van der Waals surface area (Å²) in [6.07, 6.45) is 7.74. The van der Waals surface area contributed by atoms with Crippen LogP contribution in [0.3, 0.4) is 0 Å². The average molecular weight is 317 g/mol. The molecule has 4 aliphatic carbocycles. The maximum absolute atomic E-state index is 13.8. The van der Waals surface area contributed by atoms with Crippen LogP contribution in [0.25, 0.3) is 0 Å². The van der Waals surface area contributed by atoms with E-state index in [1.165, 1.54) is 32.4 Å². The van der Waals surface area contributed by atoms with E-state index in [1.807, 2.05) is 0 Å². The summed E-state index contributed by atoms with van der Waals surface area (Å²) >= 11 is 0. The van der Waals surface area contributed by atoms with Gasteiger partial charge in [0.25, 0.3) is 0 Å². The van der Waals surface area contributed by atoms with Crippen molar-refractivity contribution in [1.29, 1.82) is 0 Å². The molecule has 1 aromatic rings. The van der Waals surface area contributed by atoms with Gasteiger partial charge in [-0.2, -0.15) is 0 Å². The minimum atomic E-state index is -0.410. The van der Waals surface area contributed by atoms with E-state index in [-0.39, 0.29) is 23.6 Å². The van der Waals surface area contributed by atoms with Crippen LogP contribution in [0.15, 0.2) is 18.2 Å². The minimum Gasteiger partial charge on any atom is -0.494 e. The molecule has 1 aromatic carbocycles. The zero-order valence-electron chi connectivity index (χ0n) is 13.6. The van der Waals surface area contributed by atoms with Gasteiger partial charge in [0.05, 0.1) is 13.5 Å². The van der Waals surface area contributed by atoms with Gasteiger partial charge in [0.1, 0.15) is 0 Å². The molecular formula is C19H24FNO2. The summed E-state index contributed by atoms with van der Waals surface area (Å²) in [5.74, 6) is 2.25. The highest BCUT2D eigenvalue weighted by atomic mass is 19.1. The molecule has 0 unspecified atom stereocenters. The fourth-order valence-electron chi connectivity index (χ4n) is 5.61. The predicted molar refractivity (Wildman–Crippen MR) is 85.7 cm³/mol. The van der Waals surface area contributed by atoms with Gasteiger partial charge in [-0.05, 0) is 74.0 Å². The van der Waals surface area contributed by atoms with Crippen molar-refractivity contribution in [3.63, 3.8) is 0 Å². The molecule has 4 heteroatoms. The molecule has 4 aliphatic rings. The lowest BCUT2D eigenvalue weighted by atomic mass is 9.53. The highest BCUT2D eigenvalue weighted by Crippen LogP contribution is 2.55. The number of halogens is 1. The van der Waals surface area contributed by atoms with Crippen LogP contribution < -0.4 is 10.1 Å². The van der Waals surface area contributed by atoms with Crippen molar-refractivity contribution < 1.29 is 13.9 Å². The quantitative estimate of drug-likeness (QED) is 0.923. The highest BCUT2D eigenvalue weighted by Gasteiger charge is 2.51. The standard InChI is InChI=1S/C19H24FNO2/c1-23-17-3-2-12(7-16(17)20)8-18(22)21-19-9-13-4-14(10-19)6-15(5-13)11-19/h2-3,7,13-15H,4-6,8-11H2,1H3,(H,21,22). The molecule has 0 saturated heterocycles. The Morgan fingerprint density at radius 1 is 1.22 bits per heavy atom. The second kappa shape index (κ2) is 5.50. The number of carbonyl (C=O) groups excluding carboxylic acids is 1. The highest BCUT2D eigenvalue weighted by molar-refractivity contribution is 5.79. The van der Waals surface area contributed by atoms with Gasteiger partial charge in [-0.25, -0.2) is 4.39 Å². The molecule has 124 valence electrons. The predicted octanol–water partition coefficient (Wildman–Crippen LogP) is 3.46. The molecule has 1 amide bonds. The molecule has 23 heavy (non-hydrogen) atoms. The number of hydrogen-bond acceptors (Lipinski definition) is 2. The second-order valence-electron chi connectivity index (χ2n) is 7.89. The fourth-order valence-corrected chi connectivity index (χ4v) is 5.61. The first-order chi connectivity index (χ1) is 11.0. The molecule has 0 heterocycles. The molecule has 0 radical (unpaired) electrons. The smallest absolute Gasteiger partial charge is 0.224 e. The zero-order chi connectivity index (χ0) is 16.0. The first kappa shape index (κ1) is 15.0. The van der Waals surface area contributed by atoms with Gasteiger partial charge in [0.15, 0.2) is 11.6 Å². The largest absolute Gasteiger partial charge is 0.494 e. The van der Waals surface area contributed by atoms with Crippen LogP contribution in [-0.4, -0.2) is 18.6 Å². The number of nitrogens with one attached hydrogen (secondary N) is 1. The maximum Gasteiger partial charge on any atom is 0.224 e. The van der Waals surface area contributed by atoms with E-state index in [0.29, 0.717) is 5.56 Å². The Morgan fingerprint density at radius 2 is 1.83 bits per heavy atom. The molecule has 0 atom stereocenters. The molecule has 4 fully saturated rings. The number of rotatable bonds is 4. The topological polar surface area (TPSA) is 38.3 Å². The van der Waals surface area contributed by atoms with E-state index in [9.17, 15) is 9.18 Å². The number of ether oxygens (including phenoxy) is 1. The lowest BCUT2D eigenvalue weighted by Gasteiger charge is -2.56. The van der Waals surface area contributed by atoms with Crippen molar-refractivity contribution in [3.05, 3.63) is 29.6 Å². The molecule has 5 rings (SSSR count). The van der Waals surface area contributed by atoms with Crippen molar-refractivity contribution in [1.82, 2.24) is 5.32 Å². The summed E-state index contributed by atoms with van der Waals surface area (Å²) in [6, 6.07) is 4.75. The van der Waals surface area contributed by atoms with Gasteiger partial charge in [0.2, 0.25) is 5.91 Å². The van der Waals surface area contributed by atoms with Gasteiger partial charge in [0, 0.05) is 5.54 Å². The molecule has 4 bridgehead atoms. The summed E-state index contributed by atoms with van der Waals surface area (Å²) in [5, 5.41) is 3.33. The van der Waals surface area contributed by atoms with Crippen LogP contribution in [0.1, 0.15) is 44.1 Å². The molecule has 0 aliphatic heterocycles. The van der Waals surface area contributed by atoms with Crippen molar-refractivity contribution in [2.45, 2.75) is 50.5 Å². The monoisotopic (exact) mass is 317 g/mol. The third-order valence-corrected chi connectivity index (χ3v) is 6.02. The second-order valence-corrected chi connectivity index (χ2v) is 7.89. The van der Waals surface area contributed by atoms with Crippen molar-refractivity contribution in [2.24, 2.45) is 17.8 Å². The Hall–Kier alpha value is -1.58. The number of carbonyl (C=O) groups is 1. The van der Waals surface area contributed by atoms with Crippen molar-refractivity contribution >= 4 is 5.91 Å². The van der Waals surface area contributed by atoms with Gasteiger partial charge in [-0.1, -0.05) is 6.07 Å². The van der Waals surface area contributed by atoms with E-state index < -0.39 is 5.82 Å². The summed E-state index contributed by atoms with van der Waals surface area (Å²) < 4.78 is 18.7. The number of hydrogen-bond donors (Lipinski definition) is 1. The molecule has 0 spiro atoms. The van der Waals surface area contributed by atoms with Crippen LogP contribution in [0.4, 0.5) is 4.39 Å². The van der Waals surface area contributed by atoms with Crippen LogP contribution in [-0.2, 0) is 11.2 Å². The van der Waals surface area contributed by atoms with Gasteiger partial charge in [-0.15, -0.1) is 0 Å². The van der Waals surface area contributed by atoms with E-state index in [0.717, 1.165) is 37.0 Å². The Bertz CT molecular complexity index is 593. The fraction of sp³-hybridized carbons (Fsp3) is 0.632. The van der Waals surface area contributed by atoms with Crippen molar-refractivity contribution in [3.8, 4) is 5.75 Å². The van der Waals surface area contributed by atoms with E-state index in [1.54, 1.807) is 12.1 Å². The Morgan fingerprint density at radius 3 is 2.35 bits per heavy atom. The number of amides is 1. The third kappa shape index (κ3) is 2.84. The normalized spacial score (nSPS) is 34.4. The van der Waals surface area contributed by atoms with Gasteiger partial charge >= 0.3 is 0 Å². The Labute approximate surface area is 136 Å². The molecule has 3 nitrogen and oxygen atoms in total. The lowest BCUT2D eigenvalue weighted by Crippen LogP contribution is -2.60. The zero-order valence-corrected chi connectivity index (χ0v) is 13.6. The Balaban J connectivity index is 1.43. The van der Waals surface area contributed by atoms with E-state index in [4.69, 9.17) is 4.74 Å². The minimum absolute atomic E-state index is 0.0246. The summed E-state index contributed by atoms with van der Waals surface area (Å²) in [4.78, 5) is 12.5.